The highest BCUT2D eigenvalue weighted by atomic mass is 35.5. The van der Waals surface area contributed by atoms with E-state index in [1.807, 2.05) is 17.2 Å². The Kier molecular flexibility index (Phi) is 5.66. The van der Waals surface area contributed by atoms with Gasteiger partial charge in [0.05, 0.1) is 5.69 Å². The van der Waals surface area contributed by atoms with Crippen molar-refractivity contribution in [2.24, 2.45) is 0 Å². The van der Waals surface area contributed by atoms with Crippen molar-refractivity contribution in [1.29, 1.82) is 0 Å². The normalized spacial score (nSPS) is 18.4. The molecule has 2 aliphatic heterocycles. The summed E-state index contributed by atoms with van der Waals surface area (Å²) >= 11 is 1.68. The third-order valence-corrected chi connectivity index (χ3v) is 5.77. The Labute approximate surface area is 158 Å². The topological polar surface area (TPSA) is 55.5 Å². The number of carbonyl (C=O) groups is 1. The number of hydrogen-bond acceptors (Lipinski definition) is 5. The van der Waals surface area contributed by atoms with Crippen LogP contribution in [0.4, 0.5) is 5.13 Å². The van der Waals surface area contributed by atoms with Gasteiger partial charge in [-0.3, -0.25) is 4.79 Å². The molecule has 1 amide bonds. The lowest BCUT2D eigenvalue weighted by Crippen LogP contribution is -2.44. The zero-order valence-electron chi connectivity index (χ0n) is 14.4. The van der Waals surface area contributed by atoms with Crippen molar-refractivity contribution in [3.63, 3.8) is 0 Å². The largest absolute Gasteiger partial charge is 0.357 e. The van der Waals surface area contributed by atoms with Crippen LogP contribution in [0.25, 0.3) is 11.3 Å². The van der Waals surface area contributed by atoms with Gasteiger partial charge in [-0.15, -0.1) is 23.7 Å². The van der Waals surface area contributed by atoms with Crippen LogP contribution in [0.15, 0.2) is 17.6 Å². The molecule has 0 unspecified atom stereocenters. The van der Waals surface area contributed by atoms with E-state index in [4.69, 9.17) is 4.98 Å². The van der Waals surface area contributed by atoms with E-state index in [1.165, 1.54) is 0 Å². The van der Waals surface area contributed by atoms with Gasteiger partial charge in [-0.05, 0) is 26.0 Å². The van der Waals surface area contributed by atoms with Crippen LogP contribution in [0, 0.1) is 0 Å². The number of nitrogens with one attached hydrogen (secondary N) is 1. The molecular weight excluding hydrogens is 358 g/mol. The predicted octanol–water partition coefficient (Wildman–Crippen LogP) is 2.55. The first-order chi connectivity index (χ1) is 11.7. The van der Waals surface area contributed by atoms with Gasteiger partial charge in [-0.2, -0.15) is 0 Å². The van der Waals surface area contributed by atoms with E-state index in [2.05, 4.69) is 27.2 Å². The van der Waals surface area contributed by atoms with E-state index in [0.717, 1.165) is 68.5 Å². The first-order valence-electron chi connectivity index (χ1n) is 8.58. The third-order valence-electron chi connectivity index (χ3n) is 4.87. The number of anilines is 1. The minimum absolute atomic E-state index is 0. The number of halogens is 1. The number of likely N-dealkylation sites (tertiary alicyclic amines) is 1. The third kappa shape index (κ3) is 3.83. The number of aromatic nitrogens is 2. The average molecular weight is 382 g/mol. The van der Waals surface area contributed by atoms with Crippen LogP contribution in [0.1, 0.15) is 23.3 Å². The van der Waals surface area contributed by atoms with Crippen molar-refractivity contribution in [2.75, 3.05) is 51.2 Å². The quantitative estimate of drug-likeness (QED) is 0.887. The fraction of sp³-hybridized carbons (Fsp3) is 0.529. The van der Waals surface area contributed by atoms with Crippen LogP contribution in [-0.2, 0) is 0 Å². The maximum Gasteiger partial charge on any atom is 0.270 e. The Balaban J connectivity index is 0.00000182. The van der Waals surface area contributed by atoms with Gasteiger partial charge >= 0.3 is 0 Å². The molecule has 4 heterocycles. The zero-order valence-corrected chi connectivity index (χ0v) is 16.0. The molecule has 0 aromatic carbocycles. The van der Waals surface area contributed by atoms with Gasteiger partial charge in [0, 0.05) is 56.4 Å². The number of aromatic amines is 1. The zero-order chi connectivity index (χ0) is 16.5. The number of piperazine rings is 1. The molecule has 0 saturated carbocycles. The highest BCUT2D eigenvalue weighted by molar-refractivity contribution is 7.14. The fourth-order valence-electron chi connectivity index (χ4n) is 3.30. The van der Waals surface area contributed by atoms with Gasteiger partial charge in [0.1, 0.15) is 5.69 Å². The summed E-state index contributed by atoms with van der Waals surface area (Å²) < 4.78 is 0. The Morgan fingerprint density at radius 1 is 1.16 bits per heavy atom. The molecule has 8 heteroatoms. The van der Waals surface area contributed by atoms with Crippen LogP contribution >= 0.6 is 23.7 Å². The Hall–Kier alpha value is -1.57. The molecule has 1 N–H and O–H groups in total. The molecule has 2 aromatic rings. The summed E-state index contributed by atoms with van der Waals surface area (Å²) in [5.41, 5.74) is 2.61. The molecule has 25 heavy (non-hydrogen) atoms. The molecule has 136 valence electrons. The predicted molar refractivity (Wildman–Crippen MR) is 104 cm³/mol. The summed E-state index contributed by atoms with van der Waals surface area (Å²) in [6.07, 6.45) is 4.12. The van der Waals surface area contributed by atoms with E-state index >= 15 is 0 Å². The second kappa shape index (κ2) is 7.76. The van der Waals surface area contributed by atoms with Crippen molar-refractivity contribution in [3.05, 3.63) is 23.3 Å². The number of nitrogens with zero attached hydrogens (tertiary/aromatic N) is 4. The number of amides is 1. The van der Waals surface area contributed by atoms with E-state index in [1.54, 1.807) is 11.3 Å². The highest BCUT2D eigenvalue weighted by Gasteiger charge is 2.22. The van der Waals surface area contributed by atoms with Crippen LogP contribution in [0.3, 0.4) is 0 Å². The van der Waals surface area contributed by atoms with E-state index in [9.17, 15) is 4.79 Å². The first kappa shape index (κ1) is 18.2. The minimum Gasteiger partial charge on any atom is -0.357 e. The van der Waals surface area contributed by atoms with Crippen molar-refractivity contribution >= 4 is 34.8 Å². The van der Waals surface area contributed by atoms with Crippen LogP contribution in [0.5, 0.6) is 0 Å². The van der Waals surface area contributed by atoms with E-state index < -0.39 is 0 Å². The lowest BCUT2D eigenvalue weighted by atomic mass is 10.2. The van der Waals surface area contributed by atoms with Gasteiger partial charge in [-0.25, -0.2) is 4.98 Å². The summed E-state index contributed by atoms with van der Waals surface area (Å²) in [5, 5.41) is 3.16. The summed E-state index contributed by atoms with van der Waals surface area (Å²) in [6, 6.07) is 1.93. The van der Waals surface area contributed by atoms with Crippen molar-refractivity contribution in [3.8, 4) is 11.3 Å². The summed E-state index contributed by atoms with van der Waals surface area (Å²) in [6.45, 7) is 5.95. The molecule has 2 aromatic heterocycles. The Bertz CT molecular complexity index is 716. The van der Waals surface area contributed by atoms with Crippen LogP contribution in [0.2, 0.25) is 0 Å². The monoisotopic (exact) mass is 381 g/mol. The smallest absolute Gasteiger partial charge is 0.270 e. The standard InChI is InChI=1S/C17H23N5OS.ClH/c1-20-6-8-22(9-7-20)17-19-15(12-24-17)13-10-14(18-11-13)16(23)21-4-2-3-5-21;/h10-12,18H,2-9H2,1H3;1H. The molecule has 0 spiro atoms. The second-order valence-electron chi connectivity index (χ2n) is 6.61. The summed E-state index contributed by atoms with van der Waals surface area (Å²) in [7, 11) is 2.16. The van der Waals surface area contributed by atoms with Crippen molar-refractivity contribution in [1.82, 2.24) is 19.8 Å². The van der Waals surface area contributed by atoms with Crippen molar-refractivity contribution < 1.29 is 4.79 Å². The molecule has 4 rings (SSSR count). The lowest BCUT2D eigenvalue weighted by Gasteiger charge is -2.32. The average Bonchev–Trinajstić information content (AvgIpc) is 3.34. The molecule has 2 aliphatic rings. The SMILES string of the molecule is CN1CCN(c2nc(-c3c[nH]c(C(=O)N4CCCC4)c3)cs2)CC1.Cl. The molecule has 2 fully saturated rings. The van der Waals surface area contributed by atoms with Crippen LogP contribution in [-0.4, -0.2) is 72.0 Å². The number of carbonyl (C=O) groups excluding carboxylic acids is 1. The molecule has 6 nitrogen and oxygen atoms in total. The van der Waals surface area contributed by atoms with E-state index in [-0.39, 0.29) is 18.3 Å². The lowest BCUT2D eigenvalue weighted by molar-refractivity contribution is 0.0788. The Morgan fingerprint density at radius 3 is 2.60 bits per heavy atom. The van der Waals surface area contributed by atoms with Gasteiger partial charge in [-0.1, -0.05) is 0 Å². The maximum atomic E-state index is 12.4. The number of rotatable bonds is 3. The number of thiazole rings is 1. The molecule has 0 atom stereocenters. The van der Waals surface area contributed by atoms with Gasteiger partial charge in [0.15, 0.2) is 5.13 Å². The van der Waals surface area contributed by atoms with Gasteiger partial charge in [0.25, 0.3) is 5.91 Å². The molecule has 0 bridgehead atoms. The second-order valence-corrected chi connectivity index (χ2v) is 7.44. The van der Waals surface area contributed by atoms with Gasteiger partial charge in [0.2, 0.25) is 0 Å². The van der Waals surface area contributed by atoms with Gasteiger partial charge < -0.3 is 19.7 Å². The first-order valence-corrected chi connectivity index (χ1v) is 9.46. The molecule has 0 aliphatic carbocycles. The van der Waals surface area contributed by atoms with Crippen LogP contribution < -0.4 is 4.90 Å². The minimum atomic E-state index is 0. The number of H-pyrrole nitrogens is 1. The molecule has 2 saturated heterocycles. The fourth-order valence-corrected chi connectivity index (χ4v) is 4.18. The number of likely N-dealkylation sites (N-methyl/N-ethyl adjacent to an activating group) is 1. The molecule has 0 radical (unpaired) electrons. The summed E-state index contributed by atoms with van der Waals surface area (Å²) in [4.78, 5) is 27.0. The summed E-state index contributed by atoms with van der Waals surface area (Å²) in [5.74, 6) is 0.105. The molecular formula is C17H24ClN5OS. The highest BCUT2D eigenvalue weighted by Crippen LogP contribution is 2.28. The maximum absolute atomic E-state index is 12.4. The van der Waals surface area contributed by atoms with Crippen molar-refractivity contribution in [2.45, 2.75) is 12.8 Å². The van der Waals surface area contributed by atoms with E-state index in [0.29, 0.717) is 5.69 Å². The number of hydrogen-bond donors (Lipinski definition) is 1. The Morgan fingerprint density at radius 2 is 1.88 bits per heavy atom.